The molecule has 0 spiro atoms. The second-order valence-corrected chi connectivity index (χ2v) is 5.59. The van der Waals surface area contributed by atoms with Gasteiger partial charge in [0.25, 0.3) is 0 Å². The molecule has 0 aliphatic heterocycles. The van der Waals surface area contributed by atoms with Crippen molar-refractivity contribution in [2.45, 2.75) is 6.54 Å². The van der Waals surface area contributed by atoms with Gasteiger partial charge in [-0.3, -0.25) is 4.98 Å². The SMILES string of the molecule is N#Cc1ccc(Br)cc1NCc1cncc2ccccc12. The molecule has 102 valence electrons. The third-order valence-electron chi connectivity index (χ3n) is 3.32. The number of anilines is 1. The van der Waals surface area contributed by atoms with E-state index in [2.05, 4.69) is 38.4 Å². The molecule has 0 aliphatic rings. The smallest absolute Gasteiger partial charge is 0.101 e. The maximum Gasteiger partial charge on any atom is 0.101 e. The Hall–Kier alpha value is -2.38. The quantitative estimate of drug-likeness (QED) is 0.766. The lowest BCUT2D eigenvalue weighted by Crippen LogP contribution is -2.02. The maximum atomic E-state index is 9.16. The first kappa shape index (κ1) is 13.6. The summed E-state index contributed by atoms with van der Waals surface area (Å²) >= 11 is 3.43. The van der Waals surface area contributed by atoms with Crippen molar-refractivity contribution < 1.29 is 0 Å². The summed E-state index contributed by atoms with van der Waals surface area (Å²) in [6.07, 6.45) is 3.72. The van der Waals surface area contributed by atoms with Crippen molar-refractivity contribution in [2.75, 3.05) is 5.32 Å². The van der Waals surface area contributed by atoms with E-state index in [1.54, 1.807) is 6.07 Å². The van der Waals surface area contributed by atoms with Gasteiger partial charge in [0.05, 0.1) is 11.3 Å². The Morgan fingerprint density at radius 3 is 2.86 bits per heavy atom. The molecule has 21 heavy (non-hydrogen) atoms. The Kier molecular flexibility index (Phi) is 3.85. The number of aromatic nitrogens is 1. The summed E-state index contributed by atoms with van der Waals surface area (Å²) in [5.74, 6) is 0. The lowest BCUT2D eigenvalue weighted by molar-refractivity contribution is 1.13. The Morgan fingerprint density at radius 1 is 1.14 bits per heavy atom. The maximum absolute atomic E-state index is 9.16. The van der Waals surface area contributed by atoms with Crippen molar-refractivity contribution in [1.82, 2.24) is 4.98 Å². The number of nitrogens with one attached hydrogen (secondary N) is 1. The highest BCUT2D eigenvalue weighted by molar-refractivity contribution is 9.10. The Balaban J connectivity index is 1.91. The van der Waals surface area contributed by atoms with Crippen LogP contribution in [0.4, 0.5) is 5.69 Å². The third kappa shape index (κ3) is 2.88. The van der Waals surface area contributed by atoms with Crippen LogP contribution in [0.3, 0.4) is 0 Å². The number of halogens is 1. The zero-order chi connectivity index (χ0) is 14.7. The first-order chi connectivity index (χ1) is 10.3. The molecule has 2 aromatic carbocycles. The normalized spacial score (nSPS) is 10.3. The zero-order valence-corrected chi connectivity index (χ0v) is 12.8. The summed E-state index contributed by atoms with van der Waals surface area (Å²) in [6.45, 7) is 0.624. The van der Waals surface area contributed by atoms with Gasteiger partial charge in [0, 0.05) is 28.8 Å². The molecule has 0 atom stereocenters. The molecule has 0 fully saturated rings. The summed E-state index contributed by atoms with van der Waals surface area (Å²) in [7, 11) is 0. The predicted octanol–water partition coefficient (Wildman–Crippen LogP) is 4.48. The minimum atomic E-state index is 0.624. The second-order valence-electron chi connectivity index (χ2n) is 4.68. The van der Waals surface area contributed by atoms with Crippen LogP contribution in [-0.2, 0) is 6.54 Å². The number of rotatable bonds is 3. The highest BCUT2D eigenvalue weighted by Crippen LogP contribution is 2.23. The number of fused-ring (bicyclic) bond motifs is 1. The Labute approximate surface area is 131 Å². The van der Waals surface area contributed by atoms with Crippen molar-refractivity contribution in [2.24, 2.45) is 0 Å². The number of hydrogen-bond acceptors (Lipinski definition) is 3. The van der Waals surface area contributed by atoms with Crippen LogP contribution in [0.15, 0.2) is 59.3 Å². The lowest BCUT2D eigenvalue weighted by Gasteiger charge is -2.10. The minimum absolute atomic E-state index is 0.624. The number of nitriles is 1. The van der Waals surface area contributed by atoms with E-state index in [-0.39, 0.29) is 0 Å². The van der Waals surface area contributed by atoms with Gasteiger partial charge in [-0.25, -0.2) is 0 Å². The first-order valence-corrected chi connectivity index (χ1v) is 7.32. The molecule has 0 saturated heterocycles. The topological polar surface area (TPSA) is 48.7 Å². The molecule has 1 heterocycles. The van der Waals surface area contributed by atoms with E-state index in [9.17, 15) is 0 Å². The number of benzene rings is 2. The zero-order valence-electron chi connectivity index (χ0n) is 11.2. The molecule has 1 aromatic heterocycles. The molecule has 0 aliphatic carbocycles. The van der Waals surface area contributed by atoms with E-state index >= 15 is 0 Å². The fourth-order valence-corrected chi connectivity index (χ4v) is 2.63. The number of pyridine rings is 1. The average molecular weight is 338 g/mol. The van der Waals surface area contributed by atoms with Crippen molar-refractivity contribution >= 4 is 32.4 Å². The van der Waals surface area contributed by atoms with Gasteiger partial charge in [0.15, 0.2) is 0 Å². The first-order valence-electron chi connectivity index (χ1n) is 6.53. The van der Waals surface area contributed by atoms with Crippen molar-refractivity contribution in [3.05, 3.63) is 70.5 Å². The molecular formula is C17H12BrN3. The van der Waals surface area contributed by atoms with E-state index < -0.39 is 0 Å². The van der Waals surface area contributed by atoms with Gasteiger partial charge < -0.3 is 5.32 Å². The summed E-state index contributed by atoms with van der Waals surface area (Å²) < 4.78 is 0.944. The average Bonchev–Trinajstić information content (AvgIpc) is 2.53. The summed E-state index contributed by atoms with van der Waals surface area (Å²) in [5.41, 5.74) is 2.56. The van der Waals surface area contributed by atoms with Crippen molar-refractivity contribution in [3.8, 4) is 6.07 Å². The highest BCUT2D eigenvalue weighted by atomic mass is 79.9. The van der Waals surface area contributed by atoms with Crippen LogP contribution in [-0.4, -0.2) is 4.98 Å². The van der Waals surface area contributed by atoms with Gasteiger partial charge in [0.1, 0.15) is 6.07 Å². The highest BCUT2D eigenvalue weighted by Gasteiger charge is 2.05. The number of hydrogen-bond donors (Lipinski definition) is 1. The predicted molar refractivity (Wildman–Crippen MR) is 87.9 cm³/mol. The largest absolute Gasteiger partial charge is 0.380 e. The van der Waals surface area contributed by atoms with Crippen LogP contribution in [0.1, 0.15) is 11.1 Å². The third-order valence-corrected chi connectivity index (χ3v) is 3.82. The monoisotopic (exact) mass is 337 g/mol. The van der Waals surface area contributed by atoms with E-state index in [1.165, 1.54) is 5.39 Å². The van der Waals surface area contributed by atoms with Crippen molar-refractivity contribution in [1.29, 1.82) is 5.26 Å². The molecule has 3 rings (SSSR count). The molecule has 3 aromatic rings. The fourth-order valence-electron chi connectivity index (χ4n) is 2.27. The van der Waals surface area contributed by atoms with Crippen LogP contribution >= 0.6 is 15.9 Å². The van der Waals surface area contributed by atoms with Crippen LogP contribution in [0.5, 0.6) is 0 Å². The van der Waals surface area contributed by atoms with Gasteiger partial charge in [-0.15, -0.1) is 0 Å². The lowest BCUT2D eigenvalue weighted by atomic mass is 10.1. The molecule has 0 saturated carbocycles. The minimum Gasteiger partial charge on any atom is -0.380 e. The molecule has 0 radical (unpaired) electrons. The Morgan fingerprint density at radius 2 is 2.00 bits per heavy atom. The Bertz CT molecular complexity index is 832. The summed E-state index contributed by atoms with van der Waals surface area (Å²) in [4.78, 5) is 4.27. The number of nitrogens with zero attached hydrogens (tertiary/aromatic N) is 2. The molecule has 0 bridgehead atoms. The molecular weight excluding hydrogens is 326 g/mol. The van der Waals surface area contributed by atoms with Crippen LogP contribution in [0.2, 0.25) is 0 Å². The van der Waals surface area contributed by atoms with Crippen molar-refractivity contribution in [3.63, 3.8) is 0 Å². The molecule has 0 unspecified atom stereocenters. The molecule has 4 heteroatoms. The molecule has 3 nitrogen and oxygen atoms in total. The van der Waals surface area contributed by atoms with E-state index in [0.29, 0.717) is 12.1 Å². The standard InChI is InChI=1S/C17H12BrN3/c18-15-6-5-12(8-19)17(7-15)21-11-14-10-20-9-13-3-1-2-4-16(13)14/h1-7,9-10,21H,11H2. The van der Waals surface area contributed by atoms with E-state index in [0.717, 1.165) is 21.1 Å². The van der Waals surface area contributed by atoms with E-state index in [4.69, 9.17) is 5.26 Å². The fraction of sp³-hybridized carbons (Fsp3) is 0.0588. The van der Waals surface area contributed by atoms with Crippen LogP contribution < -0.4 is 5.32 Å². The van der Waals surface area contributed by atoms with Crippen LogP contribution in [0.25, 0.3) is 10.8 Å². The van der Waals surface area contributed by atoms with Gasteiger partial charge in [-0.05, 0) is 29.1 Å². The van der Waals surface area contributed by atoms with Gasteiger partial charge in [-0.2, -0.15) is 5.26 Å². The second kappa shape index (κ2) is 5.94. The van der Waals surface area contributed by atoms with Gasteiger partial charge in [0.2, 0.25) is 0 Å². The molecule has 1 N–H and O–H groups in total. The summed E-state index contributed by atoms with van der Waals surface area (Å²) in [5, 5.41) is 14.8. The van der Waals surface area contributed by atoms with Gasteiger partial charge in [-0.1, -0.05) is 40.2 Å². The van der Waals surface area contributed by atoms with E-state index in [1.807, 2.05) is 42.7 Å². The van der Waals surface area contributed by atoms with Crippen LogP contribution in [0, 0.1) is 11.3 Å². The summed E-state index contributed by atoms with van der Waals surface area (Å²) in [6, 6.07) is 15.9. The van der Waals surface area contributed by atoms with Gasteiger partial charge >= 0.3 is 0 Å². The molecule has 0 amide bonds.